The van der Waals surface area contributed by atoms with Gasteiger partial charge in [-0.05, 0) is 19.1 Å². The second-order valence-corrected chi connectivity index (χ2v) is 4.26. The summed E-state index contributed by atoms with van der Waals surface area (Å²) < 4.78 is 7.56. The Morgan fingerprint density at radius 1 is 1.33 bits per heavy atom. The molecule has 0 fully saturated rings. The highest BCUT2D eigenvalue weighted by Crippen LogP contribution is 2.24. The molecule has 1 aromatic heterocycles. The van der Waals surface area contributed by atoms with Crippen molar-refractivity contribution in [3.8, 4) is 5.75 Å². The SMILES string of the molecule is C[C@H](O)c1ccccc1OCCc1ccnn1C. The number of benzene rings is 1. The Balaban J connectivity index is 1.96. The van der Waals surface area contributed by atoms with E-state index >= 15 is 0 Å². The predicted octanol–water partition coefficient (Wildman–Crippen LogP) is 2.09. The van der Waals surface area contributed by atoms with Gasteiger partial charge in [0.25, 0.3) is 0 Å². The van der Waals surface area contributed by atoms with Crippen LogP contribution in [0.15, 0.2) is 36.5 Å². The van der Waals surface area contributed by atoms with Crippen molar-refractivity contribution in [2.24, 2.45) is 7.05 Å². The van der Waals surface area contributed by atoms with Crippen molar-refractivity contribution in [2.45, 2.75) is 19.4 Å². The molecule has 18 heavy (non-hydrogen) atoms. The molecule has 0 unspecified atom stereocenters. The molecule has 0 radical (unpaired) electrons. The number of aliphatic hydroxyl groups excluding tert-OH is 1. The third-order valence-electron chi connectivity index (χ3n) is 2.91. The van der Waals surface area contributed by atoms with Crippen LogP contribution in [0.1, 0.15) is 24.3 Å². The van der Waals surface area contributed by atoms with Gasteiger partial charge in [0.05, 0.1) is 12.7 Å². The van der Waals surface area contributed by atoms with Crippen molar-refractivity contribution in [1.29, 1.82) is 0 Å². The molecule has 1 N–H and O–H groups in total. The van der Waals surface area contributed by atoms with Crippen molar-refractivity contribution in [3.63, 3.8) is 0 Å². The predicted molar refractivity (Wildman–Crippen MR) is 69.5 cm³/mol. The van der Waals surface area contributed by atoms with Crippen molar-refractivity contribution in [2.75, 3.05) is 6.61 Å². The molecule has 1 aromatic carbocycles. The first-order valence-electron chi connectivity index (χ1n) is 6.05. The van der Waals surface area contributed by atoms with E-state index in [0.717, 1.165) is 23.4 Å². The average Bonchev–Trinajstić information content (AvgIpc) is 2.76. The Kier molecular flexibility index (Phi) is 3.99. The highest BCUT2D eigenvalue weighted by atomic mass is 16.5. The number of aromatic nitrogens is 2. The fourth-order valence-corrected chi connectivity index (χ4v) is 1.87. The topological polar surface area (TPSA) is 47.3 Å². The van der Waals surface area contributed by atoms with Gasteiger partial charge in [-0.1, -0.05) is 18.2 Å². The maximum Gasteiger partial charge on any atom is 0.125 e. The largest absolute Gasteiger partial charge is 0.493 e. The van der Waals surface area contributed by atoms with E-state index in [9.17, 15) is 5.11 Å². The molecule has 0 aliphatic rings. The van der Waals surface area contributed by atoms with Crippen molar-refractivity contribution in [3.05, 3.63) is 47.8 Å². The highest BCUT2D eigenvalue weighted by molar-refractivity contribution is 5.34. The van der Waals surface area contributed by atoms with Gasteiger partial charge in [-0.3, -0.25) is 4.68 Å². The van der Waals surface area contributed by atoms with Gasteiger partial charge in [-0.2, -0.15) is 5.10 Å². The molecular weight excluding hydrogens is 228 g/mol. The van der Waals surface area contributed by atoms with Gasteiger partial charge >= 0.3 is 0 Å². The second kappa shape index (κ2) is 5.69. The summed E-state index contributed by atoms with van der Waals surface area (Å²) in [5.41, 5.74) is 1.95. The van der Waals surface area contributed by atoms with Crippen molar-refractivity contribution >= 4 is 0 Å². The Morgan fingerprint density at radius 2 is 2.11 bits per heavy atom. The van der Waals surface area contributed by atoms with Gasteiger partial charge in [0.2, 0.25) is 0 Å². The normalized spacial score (nSPS) is 12.4. The van der Waals surface area contributed by atoms with Gasteiger partial charge in [-0.25, -0.2) is 0 Å². The smallest absolute Gasteiger partial charge is 0.125 e. The van der Waals surface area contributed by atoms with Crippen molar-refractivity contribution in [1.82, 2.24) is 9.78 Å². The van der Waals surface area contributed by atoms with Crippen LogP contribution in [-0.2, 0) is 13.5 Å². The van der Waals surface area contributed by atoms with E-state index in [0.29, 0.717) is 6.61 Å². The summed E-state index contributed by atoms with van der Waals surface area (Å²) >= 11 is 0. The number of hydrogen-bond acceptors (Lipinski definition) is 3. The van der Waals surface area contributed by atoms with Crippen LogP contribution in [0.4, 0.5) is 0 Å². The van der Waals surface area contributed by atoms with Gasteiger partial charge < -0.3 is 9.84 Å². The Hall–Kier alpha value is -1.81. The fraction of sp³-hybridized carbons (Fsp3) is 0.357. The lowest BCUT2D eigenvalue weighted by Gasteiger charge is -2.13. The van der Waals surface area contributed by atoms with E-state index < -0.39 is 6.10 Å². The minimum absolute atomic E-state index is 0.516. The van der Waals surface area contributed by atoms with E-state index in [2.05, 4.69) is 5.10 Å². The molecule has 0 amide bonds. The molecule has 1 atom stereocenters. The quantitative estimate of drug-likeness (QED) is 0.878. The van der Waals surface area contributed by atoms with E-state index in [1.165, 1.54) is 0 Å². The first-order chi connectivity index (χ1) is 8.68. The third-order valence-corrected chi connectivity index (χ3v) is 2.91. The first kappa shape index (κ1) is 12.6. The number of aliphatic hydroxyl groups is 1. The summed E-state index contributed by atoms with van der Waals surface area (Å²) in [6.07, 6.45) is 2.06. The van der Waals surface area contributed by atoms with Gasteiger partial charge in [-0.15, -0.1) is 0 Å². The number of hydrogen-bond donors (Lipinski definition) is 1. The standard InChI is InChI=1S/C14H18N2O2/c1-11(17)13-5-3-4-6-14(13)18-10-8-12-7-9-15-16(12)2/h3-7,9,11,17H,8,10H2,1-2H3/t11-/m0/s1. The van der Waals surface area contributed by atoms with Crippen LogP contribution in [0.5, 0.6) is 5.75 Å². The molecule has 0 aliphatic heterocycles. The zero-order chi connectivity index (χ0) is 13.0. The maximum absolute atomic E-state index is 9.64. The zero-order valence-electron chi connectivity index (χ0n) is 10.7. The molecule has 1 heterocycles. The number of rotatable bonds is 5. The average molecular weight is 246 g/mol. The Morgan fingerprint density at radius 3 is 2.78 bits per heavy atom. The summed E-state index contributed by atoms with van der Waals surface area (Å²) in [4.78, 5) is 0. The molecule has 2 rings (SSSR count). The number of para-hydroxylation sites is 1. The lowest BCUT2D eigenvalue weighted by atomic mass is 10.1. The summed E-state index contributed by atoms with van der Waals surface area (Å²) in [6, 6.07) is 9.54. The van der Waals surface area contributed by atoms with Crippen LogP contribution >= 0.6 is 0 Å². The first-order valence-corrected chi connectivity index (χ1v) is 6.05. The number of aryl methyl sites for hydroxylation is 1. The van der Waals surface area contributed by atoms with E-state index in [4.69, 9.17) is 4.74 Å². The van der Waals surface area contributed by atoms with Gasteiger partial charge in [0.15, 0.2) is 0 Å². The van der Waals surface area contributed by atoms with Crippen LogP contribution in [0.2, 0.25) is 0 Å². The molecule has 96 valence electrons. The summed E-state index contributed by atoms with van der Waals surface area (Å²) in [5, 5.41) is 13.7. The summed E-state index contributed by atoms with van der Waals surface area (Å²) in [5.74, 6) is 0.745. The van der Waals surface area contributed by atoms with Crippen LogP contribution in [0.3, 0.4) is 0 Å². The number of ether oxygens (including phenoxy) is 1. The molecule has 4 heteroatoms. The van der Waals surface area contributed by atoms with Crippen LogP contribution in [0.25, 0.3) is 0 Å². The van der Waals surface area contributed by atoms with Crippen LogP contribution in [0, 0.1) is 0 Å². The number of nitrogens with zero attached hydrogens (tertiary/aromatic N) is 2. The molecule has 0 saturated carbocycles. The van der Waals surface area contributed by atoms with Crippen LogP contribution < -0.4 is 4.74 Å². The molecular formula is C14H18N2O2. The lowest BCUT2D eigenvalue weighted by molar-refractivity contribution is 0.191. The second-order valence-electron chi connectivity index (χ2n) is 4.26. The molecule has 0 spiro atoms. The maximum atomic E-state index is 9.64. The minimum Gasteiger partial charge on any atom is -0.493 e. The molecule has 0 bridgehead atoms. The monoisotopic (exact) mass is 246 g/mol. The lowest BCUT2D eigenvalue weighted by Crippen LogP contribution is -2.07. The summed E-state index contributed by atoms with van der Waals surface area (Å²) in [6.45, 7) is 2.31. The Bertz CT molecular complexity index is 506. The molecule has 0 saturated heterocycles. The highest BCUT2D eigenvalue weighted by Gasteiger charge is 2.08. The zero-order valence-corrected chi connectivity index (χ0v) is 10.7. The third kappa shape index (κ3) is 2.90. The molecule has 0 aliphatic carbocycles. The summed E-state index contributed by atoms with van der Waals surface area (Å²) in [7, 11) is 1.92. The van der Waals surface area contributed by atoms with Crippen LogP contribution in [-0.4, -0.2) is 21.5 Å². The minimum atomic E-state index is -0.516. The van der Waals surface area contributed by atoms with Gasteiger partial charge in [0.1, 0.15) is 5.75 Å². The van der Waals surface area contributed by atoms with Gasteiger partial charge in [0, 0.05) is 30.9 Å². The Labute approximate surface area is 107 Å². The molecule has 4 nitrogen and oxygen atoms in total. The van der Waals surface area contributed by atoms with Crippen molar-refractivity contribution < 1.29 is 9.84 Å². The van der Waals surface area contributed by atoms with E-state index in [1.807, 2.05) is 42.1 Å². The molecule has 2 aromatic rings. The van der Waals surface area contributed by atoms with E-state index in [1.54, 1.807) is 13.1 Å². The van der Waals surface area contributed by atoms with E-state index in [-0.39, 0.29) is 0 Å². The fourth-order valence-electron chi connectivity index (χ4n) is 1.87.